The van der Waals surface area contributed by atoms with Gasteiger partial charge in [-0.25, -0.2) is 0 Å². The van der Waals surface area contributed by atoms with Gasteiger partial charge in [-0.1, -0.05) is 12.2 Å². The van der Waals surface area contributed by atoms with Gasteiger partial charge in [0, 0.05) is 11.9 Å². The van der Waals surface area contributed by atoms with E-state index in [4.69, 9.17) is 4.74 Å². The van der Waals surface area contributed by atoms with Crippen LogP contribution in [-0.2, 0) is 4.74 Å². The molecule has 0 radical (unpaired) electrons. The molecule has 0 N–H and O–H groups in total. The Hall–Kier alpha value is -1.57. The predicted octanol–water partition coefficient (Wildman–Crippen LogP) is 3.04. The maximum Gasteiger partial charge on any atom is 0.0830 e. The summed E-state index contributed by atoms with van der Waals surface area (Å²) in [6.45, 7) is 3.97. The maximum absolute atomic E-state index is 4.89. The average Bonchev–Trinajstić information content (AvgIpc) is 2.18. The molecule has 0 aliphatic heterocycles. The van der Waals surface area contributed by atoms with Crippen molar-refractivity contribution in [2.24, 2.45) is 0 Å². The molecule has 0 fully saturated rings. The summed E-state index contributed by atoms with van der Waals surface area (Å²) < 4.78 is 4.89. The highest BCUT2D eigenvalue weighted by Gasteiger charge is 1.96. The molecule has 14 heavy (non-hydrogen) atoms. The van der Waals surface area contributed by atoms with Gasteiger partial charge < -0.3 is 4.74 Å². The van der Waals surface area contributed by atoms with E-state index in [0.717, 1.165) is 16.8 Å². The summed E-state index contributed by atoms with van der Waals surface area (Å²) in [5.74, 6) is 0. The minimum Gasteiger partial charge on any atom is -0.504 e. The van der Waals surface area contributed by atoms with E-state index in [-0.39, 0.29) is 0 Å². The smallest absolute Gasteiger partial charge is 0.0830 e. The molecule has 1 aromatic rings. The topological polar surface area (TPSA) is 22.1 Å². The fraction of sp³-hybridized carbons (Fsp3) is 0.250. The van der Waals surface area contributed by atoms with E-state index >= 15 is 0 Å². The van der Waals surface area contributed by atoms with Crippen LogP contribution in [0.4, 0.5) is 0 Å². The molecule has 0 saturated heterocycles. The van der Waals surface area contributed by atoms with E-state index in [1.165, 1.54) is 0 Å². The van der Waals surface area contributed by atoms with Gasteiger partial charge in [0.15, 0.2) is 0 Å². The van der Waals surface area contributed by atoms with Gasteiger partial charge in [-0.05, 0) is 37.1 Å². The van der Waals surface area contributed by atoms with Crippen LogP contribution in [0.15, 0.2) is 24.6 Å². The van der Waals surface area contributed by atoms with Crippen LogP contribution in [0.3, 0.4) is 0 Å². The molecule has 1 rings (SSSR count). The summed E-state index contributed by atoms with van der Waals surface area (Å²) in [5, 5.41) is 0. The minimum atomic E-state index is 1.01. The van der Waals surface area contributed by atoms with Crippen LogP contribution in [0, 0.1) is 6.92 Å². The van der Waals surface area contributed by atoms with Crippen LogP contribution >= 0.6 is 0 Å². The van der Waals surface area contributed by atoms with Crippen LogP contribution in [0.1, 0.15) is 23.7 Å². The lowest BCUT2D eigenvalue weighted by Crippen LogP contribution is -1.87. The molecular weight excluding hydrogens is 174 g/mol. The third-order valence-electron chi connectivity index (χ3n) is 1.83. The van der Waals surface area contributed by atoms with Crippen molar-refractivity contribution in [3.05, 3.63) is 41.4 Å². The minimum absolute atomic E-state index is 1.01. The lowest BCUT2D eigenvalue weighted by molar-refractivity contribution is 0.341. The maximum atomic E-state index is 4.89. The Bertz CT molecular complexity index is 353. The first kappa shape index (κ1) is 10.5. The van der Waals surface area contributed by atoms with Crippen molar-refractivity contribution in [2.75, 3.05) is 7.11 Å². The SMILES string of the molecule is C/C=C\c1cnc(C)cc1/C=C/OC. The van der Waals surface area contributed by atoms with Crippen molar-refractivity contribution in [1.82, 2.24) is 4.98 Å². The van der Waals surface area contributed by atoms with Crippen LogP contribution in [0.2, 0.25) is 0 Å². The molecule has 0 unspecified atom stereocenters. The van der Waals surface area contributed by atoms with E-state index in [1.54, 1.807) is 13.4 Å². The highest BCUT2D eigenvalue weighted by Crippen LogP contribution is 2.13. The van der Waals surface area contributed by atoms with E-state index in [2.05, 4.69) is 4.98 Å². The first-order valence-corrected chi connectivity index (χ1v) is 4.56. The molecule has 1 aromatic heterocycles. The molecule has 0 aliphatic carbocycles. The molecule has 0 bridgehead atoms. The van der Waals surface area contributed by atoms with Crippen LogP contribution in [-0.4, -0.2) is 12.1 Å². The lowest BCUT2D eigenvalue weighted by Gasteiger charge is -2.01. The summed E-state index contributed by atoms with van der Waals surface area (Å²) in [5.41, 5.74) is 3.23. The Morgan fingerprint density at radius 2 is 2.07 bits per heavy atom. The molecule has 0 spiro atoms. The Morgan fingerprint density at radius 1 is 1.29 bits per heavy atom. The van der Waals surface area contributed by atoms with Crippen LogP contribution < -0.4 is 0 Å². The molecule has 0 aromatic carbocycles. The van der Waals surface area contributed by atoms with E-state index in [9.17, 15) is 0 Å². The Balaban J connectivity index is 3.08. The van der Waals surface area contributed by atoms with Crippen molar-refractivity contribution < 1.29 is 4.74 Å². The van der Waals surface area contributed by atoms with Crippen LogP contribution in [0.25, 0.3) is 12.2 Å². The molecule has 0 atom stereocenters. The number of aromatic nitrogens is 1. The van der Waals surface area contributed by atoms with Crippen LogP contribution in [0.5, 0.6) is 0 Å². The number of pyridine rings is 1. The number of hydrogen-bond acceptors (Lipinski definition) is 2. The van der Waals surface area contributed by atoms with Crippen molar-refractivity contribution >= 4 is 12.2 Å². The molecule has 2 nitrogen and oxygen atoms in total. The zero-order valence-corrected chi connectivity index (χ0v) is 8.82. The molecule has 2 heteroatoms. The second-order valence-electron chi connectivity index (χ2n) is 2.99. The highest BCUT2D eigenvalue weighted by molar-refractivity contribution is 5.64. The summed E-state index contributed by atoms with van der Waals surface area (Å²) in [6, 6.07) is 2.03. The predicted molar refractivity (Wildman–Crippen MR) is 59.7 cm³/mol. The molecule has 74 valence electrons. The quantitative estimate of drug-likeness (QED) is 0.682. The van der Waals surface area contributed by atoms with Crippen molar-refractivity contribution in [3.8, 4) is 0 Å². The number of ether oxygens (including phenoxy) is 1. The van der Waals surface area contributed by atoms with Gasteiger partial charge in [0.05, 0.1) is 13.4 Å². The normalized spacial score (nSPS) is 11.4. The van der Waals surface area contributed by atoms with Gasteiger partial charge in [-0.3, -0.25) is 4.98 Å². The van der Waals surface area contributed by atoms with E-state index < -0.39 is 0 Å². The zero-order chi connectivity index (χ0) is 10.4. The first-order chi connectivity index (χ1) is 6.77. The molecule has 1 heterocycles. The number of methoxy groups -OCH3 is 1. The van der Waals surface area contributed by atoms with Gasteiger partial charge in [0.2, 0.25) is 0 Å². The summed E-state index contributed by atoms with van der Waals surface area (Å²) in [6.07, 6.45) is 9.49. The summed E-state index contributed by atoms with van der Waals surface area (Å²) in [7, 11) is 1.64. The number of aryl methyl sites for hydroxylation is 1. The monoisotopic (exact) mass is 189 g/mol. The third-order valence-corrected chi connectivity index (χ3v) is 1.83. The number of rotatable bonds is 3. The van der Waals surface area contributed by atoms with Crippen molar-refractivity contribution in [1.29, 1.82) is 0 Å². The van der Waals surface area contributed by atoms with Gasteiger partial charge in [0.25, 0.3) is 0 Å². The van der Waals surface area contributed by atoms with E-state index in [0.29, 0.717) is 0 Å². The number of hydrogen-bond donors (Lipinski definition) is 0. The molecule has 0 saturated carbocycles. The van der Waals surface area contributed by atoms with Gasteiger partial charge in [-0.2, -0.15) is 0 Å². The summed E-state index contributed by atoms with van der Waals surface area (Å²) >= 11 is 0. The average molecular weight is 189 g/mol. The Morgan fingerprint density at radius 3 is 2.71 bits per heavy atom. The molecule has 0 amide bonds. The van der Waals surface area contributed by atoms with E-state index in [1.807, 2.05) is 44.3 Å². The lowest BCUT2D eigenvalue weighted by atomic mass is 10.1. The number of nitrogens with zero attached hydrogens (tertiary/aromatic N) is 1. The van der Waals surface area contributed by atoms with Gasteiger partial charge in [0.1, 0.15) is 0 Å². The fourth-order valence-corrected chi connectivity index (χ4v) is 1.20. The Kier molecular flexibility index (Phi) is 3.92. The third kappa shape index (κ3) is 2.73. The van der Waals surface area contributed by atoms with Crippen molar-refractivity contribution in [2.45, 2.75) is 13.8 Å². The Labute approximate surface area is 84.9 Å². The standard InChI is InChI=1S/C12H15NO/c1-4-5-12-9-13-10(2)8-11(12)6-7-14-3/h4-9H,1-3H3/b5-4-,7-6+. The second kappa shape index (κ2) is 5.22. The van der Waals surface area contributed by atoms with Crippen molar-refractivity contribution in [3.63, 3.8) is 0 Å². The molecular formula is C12H15NO. The molecule has 0 aliphatic rings. The zero-order valence-electron chi connectivity index (χ0n) is 8.82. The first-order valence-electron chi connectivity index (χ1n) is 4.56. The number of allylic oxidation sites excluding steroid dienone is 1. The fourth-order valence-electron chi connectivity index (χ4n) is 1.20. The highest BCUT2D eigenvalue weighted by atomic mass is 16.5. The second-order valence-corrected chi connectivity index (χ2v) is 2.99. The summed E-state index contributed by atoms with van der Waals surface area (Å²) in [4.78, 5) is 4.24. The van der Waals surface area contributed by atoms with Gasteiger partial charge in [-0.15, -0.1) is 0 Å². The largest absolute Gasteiger partial charge is 0.504 e. The van der Waals surface area contributed by atoms with Gasteiger partial charge >= 0.3 is 0 Å².